The van der Waals surface area contributed by atoms with Gasteiger partial charge in [0.05, 0.1) is 5.54 Å². The van der Waals surface area contributed by atoms with Crippen molar-refractivity contribution >= 4 is 5.91 Å². The van der Waals surface area contributed by atoms with Gasteiger partial charge >= 0.3 is 0 Å². The third-order valence-electron chi connectivity index (χ3n) is 5.01. The Morgan fingerprint density at radius 3 is 2.48 bits per heavy atom. The van der Waals surface area contributed by atoms with Crippen LogP contribution in [-0.2, 0) is 4.79 Å². The van der Waals surface area contributed by atoms with Crippen LogP contribution in [0.15, 0.2) is 0 Å². The monoisotopic (exact) mass is 295 g/mol. The van der Waals surface area contributed by atoms with Crippen molar-refractivity contribution in [3.05, 3.63) is 0 Å². The van der Waals surface area contributed by atoms with E-state index in [9.17, 15) is 4.79 Å². The van der Waals surface area contributed by atoms with Crippen LogP contribution >= 0.6 is 0 Å². The molecule has 1 atom stereocenters. The lowest BCUT2D eigenvalue weighted by molar-refractivity contribution is -0.140. The number of carbonyl (C=O) groups is 1. The molecule has 0 aromatic carbocycles. The fourth-order valence-corrected chi connectivity index (χ4v) is 3.65. The van der Waals surface area contributed by atoms with Crippen molar-refractivity contribution in [1.29, 1.82) is 0 Å². The zero-order valence-electron chi connectivity index (χ0n) is 14.2. The largest absolute Gasteiger partial charge is 0.339 e. The van der Waals surface area contributed by atoms with Crippen molar-refractivity contribution in [1.82, 2.24) is 15.1 Å². The van der Waals surface area contributed by atoms with Gasteiger partial charge in [-0.15, -0.1) is 0 Å². The molecule has 4 heteroatoms. The standard InChI is InChI=1S/C17H33N3O/c1-4-7-17(8-5-9-18-17)16(21)20-13-11-19(12-14-20)10-6-15(2)3/h15,18H,4-14H2,1-3H3. The van der Waals surface area contributed by atoms with Gasteiger partial charge < -0.3 is 10.2 Å². The molecular weight excluding hydrogens is 262 g/mol. The van der Waals surface area contributed by atoms with Gasteiger partial charge in [-0.2, -0.15) is 0 Å². The molecule has 122 valence electrons. The first kappa shape index (κ1) is 16.8. The molecule has 2 fully saturated rings. The minimum atomic E-state index is -0.241. The van der Waals surface area contributed by atoms with Crippen molar-refractivity contribution in [2.75, 3.05) is 39.3 Å². The molecule has 2 aliphatic rings. The van der Waals surface area contributed by atoms with Gasteiger partial charge in [0.2, 0.25) is 5.91 Å². The predicted molar refractivity (Wildman–Crippen MR) is 87.4 cm³/mol. The number of hydrogen-bond donors (Lipinski definition) is 1. The molecule has 1 unspecified atom stereocenters. The van der Waals surface area contributed by atoms with Crippen molar-refractivity contribution in [2.24, 2.45) is 5.92 Å². The van der Waals surface area contributed by atoms with Gasteiger partial charge in [-0.1, -0.05) is 27.2 Å². The molecular formula is C17H33N3O. The van der Waals surface area contributed by atoms with E-state index in [1.54, 1.807) is 0 Å². The summed E-state index contributed by atoms with van der Waals surface area (Å²) in [5.74, 6) is 1.13. The SMILES string of the molecule is CCCC1(C(=O)N2CCN(CCC(C)C)CC2)CCCN1. The highest BCUT2D eigenvalue weighted by molar-refractivity contribution is 5.87. The Morgan fingerprint density at radius 1 is 1.24 bits per heavy atom. The number of rotatable bonds is 6. The van der Waals surface area contributed by atoms with Crippen molar-refractivity contribution in [3.63, 3.8) is 0 Å². The Balaban J connectivity index is 1.84. The summed E-state index contributed by atoms with van der Waals surface area (Å²) in [7, 11) is 0. The van der Waals surface area contributed by atoms with Gasteiger partial charge in [-0.3, -0.25) is 9.69 Å². The topological polar surface area (TPSA) is 35.6 Å². The molecule has 2 saturated heterocycles. The molecule has 1 N–H and O–H groups in total. The first-order chi connectivity index (χ1) is 10.1. The fourth-order valence-electron chi connectivity index (χ4n) is 3.65. The van der Waals surface area contributed by atoms with Gasteiger partial charge in [0.15, 0.2) is 0 Å². The Kier molecular flexibility index (Phi) is 6.06. The van der Waals surface area contributed by atoms with E-state index in [2.05, 4.69) is 35.9 Å². The molecule has 0 aliphatic carbocycles. The van der Waals surface area contributed by atoms with E-state index >= 15 is 0 Å². The van der Waals surface area contributed by atoms with Crippen LogP contribution in [0.4, 0.5) is 0 Å². The Morgan fingerprint density at radius 2 is 1.95 bits per heavy atom. The first-order valence-electron chi connectivity index (χ1n) is 8.84. The molecule has 0 aromatic rings. The van der Waals surface area contributed by atoms with Crippen LogP contribution in [0, 0.1) is 5.92 Å². The lowest BCUT2D eigenvalue weighted by Gasteiger charge is -2.40. The minimum Gasteiger partial charge on any atom is -0.339 e. The quantitative estimate of drug-likeness (QED) is 0.815. The Labute approximate surface area is 130 Å². The summed E-state index contributed by atoms with van der Waals surface area (Å²) in [5, 5.41) is 3.51. The molecule has 4 nitrogen and oxygen atoms in total. The van der Waals surface area contributed by atoms with Crippen LogP contribution in [0.2, 0.25) is 0 Å². The van der Waals surface area contributed by atoms with Crippen LogP contribution in [0.5, 0.6) is 0 Å². The predicted octanol–water partition coefficient (Wildman–Crippen LogP) is 2.10. The maximum atomic E-state index is 12.9. The van der Waals surface area contributed by atoms with Gasteiger partial charge in [0.25, 0.3) is 0 Å². The number of nitrogens with zero attached hydrogens (tertiary/aromatic N) is 2. The normalized spacial score (nSPS) is 27.5. The molecule has 2 rings (SSSR count). The Hall–Kier alpha value is -0.610. The lowest BCUT2D eigenvalue weighted by atomic mass is 9.90. The molecule has 2 heterocycles. The van der Waals surface area contributed by atoms with E-state index in [-0.39, 0.29) is 5.54 Å². The third kappa shape index (κ3) is 4.19. The second-order valence-corrected chi connectivity index (χ2v) is 7.18. The summed E-state index contributed by atoms with van der Waals surface area (Å²) in [6.45, 7) is 12.8. The number of hydrogen-bond acceptors (Lipinski definition) is 3. The molecule has 0 radical (unpaired) electrons. The van der Waals surface area contributed by atoms with Gasteiger partial charge in [0, 0.05) is 26.2 Å². The fraction of sp³-hybridized carbons (Fsp3) is 0.941. The van der Waals surface area contributed by atoms with E-state index in [1.165, 1.54) is 13.0 Å². The molecule has 0 aromatic heterocycles. The van der Waals surface area contributed by atoms with Crippen LogP contribution in [0.3, 0.4) is 0 Å². The third-order valence-corrected chi connectivity index (χ3v) is 5.01. The Bertz CT molecular complexity index is 329. The van der Waals surface area contributed by atoms with Gasteiger partial charge in [-0.25, -0.2) is 0 Å². The summed E-state index contributed by atoms with van der Waals surface area (Å²) in [6.07, 6.45) is 5.48. The van der Waals surface area contributed by atoms with Gasteiger partial charge in [-0.05, 0) is 44.7 Å². The van der Waals surface area contributed by atoms with Crippen molar-refractivity contribution < 1.29 is 4.79 Å². The summed E-state index contributed by atoms with van der Waals surface area (Å²) in [4.78, 5) is 17.6. The second kappa shape index (κ2) is 7.59. The highest BCUT2D eigenvalue weighted by Gasteiger charge is 2.42. The van der Waals surface area contributed by atoms with E-state index < -0.39 is 0 Å². The maximum Gasteiger partial charge on any atom is 0.242 e. The van der Waals surface area contributed by atoms with E-state index in [4.69, 9.17) is 0 Å². The zero-order valence-corrected chi connectivity index (χ0v) is 14.2. The number of piperazine rings is 1. The van der Waals surface area contributed by atoms with E-state index in [0.29, 0.717) is 5.91 Å². The van der Waals surface area contributed by atoms with Gasteiger partial charge in [0.1, 0.15) is 0 Å². The highest BCUT2D eigenvalue weighted by atomic mass is 16.2. The second-order valence-electron chi connectivity index (χ2n) is 7.18. The highest BCUT2D eigenvalue weighted by Crippen LogP contribution is 2.27. The first-order valence-corrected chi connectivity index (χ1v) is 8.84. The minimum absolute atomic E-state index is 0.241. The smallest absolute Gasteiger partial charge is 0.242 e. The van der Waals surface area contributed by atoms with Crippen LogP contribution in [0.25, 0.3) is 0 Å². The summed E-state index contributed by atoms with van der Waals surface area (Å²) < 4.78 is 0. The zero-order chi connectivity index (χ0) is 15.3. The van der Waals surface area contributed by atoms with Crippen LogP contribution in [-0.4, -0.2) is 60.5 Å². The summed E-state index contributed by atoms with van der Waals surface area (Å²) >= 11 is 0. The lowest BCUT2D eigenvalue weighted by Crippen LogP contribution is -2.59. The molecule has 21 heavy (non-hydrogen) atoms. The molecule has 1 amide bonds. The number of nitrogens with one attached hydrogen (secondary N) is 1. The summed E-state index contributed by atoms with van der Waals surface area (Å²) in [5.41, 5.74) is -0.241. The maximum absolute atomic E-state index is 12.9. The summed E-state index contributed by atoms with van der Waals surface area (Å²) in [6, 6.07) is 0. The van der Waals surface area contributed by atoms with Crippen molar-refractivity contribution in [2.45, 2.75) is 58.4 Å². The van der Waals surface area contributed by atoms with E-state index in [1.807, 2.05) is 0 Å². The van der Waals surface area contributed by atoms with E-state index in [0.717, 1.165) is 64.3 Å². The van der Waals surface area contributed by atoms with Crippen LogP contribution in [0.1, 0.15) is 52.9 Å². The average molecular weight is 295 g/mol. The number of amides is 1. The average Bonchev–Trinajstić information content (AvgIpc) is 2.95. The van der Waals surface area contributed by atoms with Crippen LogP contribution < -0.4 is 5.32 Å². The molecule has 0 spiro atoms. The molecule has 0 saturated carbocycles. The van der Waals surface area contributed by atoms with Crippen molar-refractivity contribution in [3.8, 4) is 0 Å². The molecule has 2 aliphatic heterocycles. The molecule has 0 bridgehead atoms. The number of carbonyl (C=O) groups excluding carboxylic acids is 1.